The van der Waals surface area contributed by atoms with Crippen molar-refractivity contribution in [2.24, 2.45) is 10.9 Å². The Kier molecular flexibility index (Phi) is 14.2. The molecule has 2 N–H and O–H groups in total. The van der Waals surface area contributed by atoms with Crippen LogP contribution >= 0.6 is 24.0 Å². The number of nitrogens with one attached hydrogen (secondary N) is 2. The van der Waals surface area contributed by atoms with Crippen molar-refractivity contribution in [3.8, 4) is 0 Å². The molecule has 0 aromatic rings. The molecule has 0 bridgehead atoms. The maximum atomic E-state index is 5.09. The summed E-state index contributed by atoms with van der Waals surface area (Å²) in [5.41, 5.74) is 0. The number of ether oxygens (including phenoxy) is 1. The maximum Gasteiger partial charge on any atom is 0.191 e. The van der Waals surface area contributed by atoms with Crippen molar-refractivity contribution >= 4 is 29.9 Å². The standard InChI is InChI=1S/C17H36N4O.HI/c1-5-18-17(20-16-9-7-15(2)8-10-16)19-11-6-12-21(3)13-14-22-4;/h15-16H,5-14H2,1-4H3,(H2,18,19,20);1H. The fraction of sp³-hybridized carbons (Fsp3) is 0.941. The molecule has 1 saturated carbocycles. The molecule has 1 aliphatic carbocycles. The van der Waals surface area contributed by atoms with E-state index in [2.05, 4.69) is 36.4 Å². The second kappa shape index (κ2) is 14.3. The Labute approximate surface area is 160 Å². The summed E-state index contributed by atoms with van der Waals surface area (Å²) in [6.45, 7) is 9.11. The molecule has 138 valence electrons. The summed E-state index contributed by atoms with van der Waals surface area (Å²) in [5, 5.41) is 6.97. The summed E-state index contributed by atoms with van der Waals surface area (Å²) in [6, 6.07) is 0.596. The topological polar surface area (TPSA) is 48.9 Å². The second-order valence-electron chi connectivity index (χ2n) is 6.51. The zero-order valence-corrected chi connectivity index (χ0v) is 17.8. The summed E-state index contributed by atoms with van der Waals surface area (Å²) in [7, 11) is 3.88. The first kappa shape index (κ1) is 22.9. The van der Waals surface area contributed by atoms with E-state index in [4.69, 9.17) is 9.73 Å². The van der Waals surface area contributed by atoms with Gasteiger partial charge in [-0.25, -0.2) is 0 Å². The summed E-state index contributed by atoms with van der Waals surface area (Å²) in [6.07, 6.45) is 6.29. The summed E-state index contributed by atoms with van der Waals surface area (Å²) >= 11 is 0. The van der Waals surface area contributed by atoms with Gasteiger partial charge in [0.1, 0.15) is 0 Å². The lowest BCUT2D eigenvalue weighted by Crippen LogP contribution is -2.44. The van der Waals surface area contributed by atoms with Crippen molar-refractivity contribution in [1.29, 1.82) is 0 Å². The first-order chi connectivity index (χ1) is 10.7. The summed E-state index contributed by atoms with van der Waals surface area (Å²) in [5.74, 6) is 1.88. The fourth-order valence-electron chi connectivity index (χ4n) is 2.81. The molecule has 23 heavy (non-hydrogen) atoms. The van der Waals surface area contributed by atoms with Crippen LogP contribution in [0.1, 0.15) is 46.0 Å². The highest BCUT2D eigenvalue weighted by Gasteiger charge is 2.18. The van der Waals surface area contributed by atoms with Crippen LogP contribution in [0.25, 0.3) is 0 Å². The zero-order chi connectivity index (χ0) is 16.2. The Morgan fingerprint density at radius 1 is 1.22 bits per heavy atom. The molecule has 0 saturated heterocycles. The van der Waals surface area contributed by atoms with Gasteiger partial charge in [0, 0.05) is 32.8 Å². The molecule has 1 rings (SSSR count). The molecule has 1 aliphatic rings. The third-order valence-electron chi connectivity index (χ3n) is 4.35. The Morgan fingerprint density at radius 3 is 2.52 bits per heavy atom. The lowest BCUT2D eigenvalue weighted by Gasteiger charge is -2.28. The average Bonchev–Trinajstić information content (AvgIpc) is 2.51. The quantitative estimate of drug-likeness (QED) is 0.251. The molecule has 0 aliphatic heterocycles. The van der Waals surface area contributed by atoms with E-state index in [0.717, 1.165) is 51.1 Å². The van der Waals surface area contributed by atoms with Crippen LogP contribution in [0.15, 0.2) is 4.99 Å². The summed E-state index contributed by atoms with van der Waals surface area (Å²) < 4.78 is 5.09. The van der Waals surface area contributed by atoms with Gasteiger partial charge in [0.25, 0.3) is 0 Å². The lowest BCUT2D eigenvalue weighted by molar-refractivity contribution is 0.161. The van der Waals surface area contributed by atoms with Crippen LogP contribution in [-0.4, -0.2) is 63.8 Å². The highest BCUT2D eigenvalue weighted by molar-refractivity contribution is 14.0. The van der Waals surface area contributed by atoms with E-state index in [1.165, 1.54) is 25.7 Å². The predicted molar refractivity (Wildman–Crippen MR) is 110 cm³/mol. The van der Waals surface area contributed by atoms with Crippen LogP contribution in [0, 0.1) is 5.92 Å². The van der Waals surface area contributed by atoms with Crippen molar-refractivity contribution < 1.29 is 4.74 Å². The van der Waals surface area contributed by atoms with Crippen molar-refractivity contribution in [1.82, 2.24) is 15.5 Å². The van der Waals surface area contributed by atoms with Crippen LogP contribution in [0.5, 0.6) is 0 Å². The molecule has 0 spiro atoms. The van der Waals surface area contributed by atoms with E-state index in [0.29, 0.717) is 6.04 Å². The molecule has 0 aromatic heterocycles. The molecule has 6 heteroatoms. The monoisotopic (exact) mass is 440 g/mol. The highest BCUT2D eigenvalue weighted by Crippen LogP contribution is 2.23. The Bertz CT molecular complexity index is 307. The van der Waals surface area contributed by atoms with E-state index in [1.54, 1.807) is 7.11 Å². The average molecular weight is 440 g/mol. The molecule has 0 unspecified atom stereocenters. The summed E-state index contributed by atoms with van der Waals surface area (Å²) in [4.78, 5) is 7.01. The number of guanidine groups is 1. The van der Waals surface area contributed by atoms with Gasteiger partial charge < -0.3 is 20.3 Å². The minimum absolute atomic E-state index is 0. The molecule has 0 atom stereocenters. The SMILES string of the molecule is CCNC(=NCCCN(C)CCOC)NC1CCC(C)CC1.I. The predicted octanol–water partition coefficient (Wildman–Crippen LogP) is 2.71. The van der Waals surface area contributed by atoms with Crippen molar-refractivity contribution in [3.63, 3.8) is 0 Å². The highest BCUT2D eigenvalue weighted by atomic mass is 127. The molecule has 5 nitrogen and oxygen atoms in total. The number of rotatable bonds is 9. The van der Waals surface area contributed by atoms with Gasteiger partial charge in [0.2, 0.25) is 0 Å². The van der Waals surface area contributed by atoms with E-state index >= 15 is 0 Å². The number of halogens is 1. The van der Waals surface area contributed by atoms with Gasteiger partial charge in [-0.3, -0.25) is 4.99 Å². The minimum atomic E-state index is 0. The van der Waals surface area contributed by atoms with Crippen LogP contribution in [0.2, 0.25) is 0 Å². The van der Waals surface area contributed by atoms with Gasteiger partial charge in [0.05, 0.1) is 6.61 Å². The molecule has 0 amide bonds. The van der Waals surface area contributed by atoms with E-state index < -0.39 is 0 Å². The first-order valence-corrected chi connectivity index (χ1v) is 8.88. The molecular formula is C17H37IN4O. The van der Waals surface area contributed by atoms with E-state index in [9.17, 15) is 0 Å². The number of aliphatic imine (C=N–C) groups is 1. The van der Waals surface area contributed by atoms with Gasteiger partial charge in [-0.15, -0.1) is 24.0 Å². The fourth-order valence-corrected chi connectivity index (χ4v) is 2.81. The smallest absolute Gasteiger partial charge is 0.191 e. The van der Waals surface area contributed by atoms with E-state index in [-0.39, 0.29) is 24.0 Å². The molecule has 0 heterocycles. The van der Waals surface area contributed by atoms with Gasteiger partial charge in [0.15, 0.2) is 5.96 Å². The molecule has 0 radical (unpaired) electrons. The Hall–Kier alpha value is -0.0800. The molecule has 1 fully saturated rings. The van der Waals surface area contributed by atoms with Gasteiger partial charge in [-0.05, 0) is 58.5 Å². The van der Waals surface area contributed by atoms with Gasteiger partial charge in [-0.1, -0.05) is 6.92 Å². The third-order valence-corrected chi connectivity index (χ3v) is 4.35. The van der Waals surface area contributed by atoms with Crippen LogP contribution in [0.4, 0.5) is 0 Å². The minimum Gasteiger partial charge on any atom is -0.383 e. The number of nitrogens with zero attached hydrogens (tertiary/aromatic N) is 2. The lowest BCUT2D eigenvalue weighted by atomic mass is 9.87. The zero-order valence-electron chi connectivity index (χ0n) is 15.4. The van der Waals surface area contributed by atoms with Crippen LogP contribution in [0.3, 0.4) is 0 Å². The largest absolute Gasteiger partial charge is 0.383 e. The Balaban J connectivity index is 0.00000484. The van der Waals surface area contributed by atoms with Crippen molar-refractivity contribution in [2.75, 3.05) is 46.9 Å². The third kappa shape index (κ3) is 11.2. The van der Waals surface area contributed by atoms with Crippen molar-refractivity contribution in [3.05, 3.63) is 0 Å². The Morgan fingerprint density at radius 2 is 1.91 bits per heavy atom. The van der Waals surface area contributed by atoms with Crippen LogP contribution in [-0.2, 0) is 4.74 Å². The van der Waals surface area contributed by atoms with E-state index in [1.807, 2.05) is 0 Å². The number of hydrogen-bond acceptors (Lipinski definition) is 3. The molecular weight excluding hydrogens is 403 g/mol. The number of hydrogen-bond donors (Lipinski definition) is 2. The van der Waals surface area contributed by atoms with Crippen molar-refractivity contribution in [2.45, 2.75) is 52.0 Å². The van der Waals surface area contributed by atoms with Gasteiger partial charge >= 0.3 is 0 Å². The second-order valence-corrected chi connectivity index (χ2v) is 6.51. The van der Waals surface area contributed by atoms with Crippen LogP contribution < -0.4 is 10.6 Å². The normalized spacial score (nSPS) is 21.9. The van der Waals surface area contributed by atoms with Gasteiger partial charge in [-0.2, -0.15) is 0 Å². The first-order valence-electron chi connectivity index (χ1n) is 8.88. The maximum absolute atomic E-state index is 5.09. The molecule has 0 aromatic carbocycles. The number of methoxy groups -OCH3 is 1. The number of likely N-dealkylation sites (N-methyl/N-ethyl adjacent to an activating group) is 1.